The molecule has 1 heterocycles. The first-order chi connectivity index (χ1) is 8.96. The fourth-order valence-corrected chi connectivity index (χ4v) is 1.65. The van der Waals surface area contributed by atoms with Crippen molar-refractivity contribution in [2.24, 2.45) is 0 Å². The van der Waals surface area contributed by atoms with Crippen LogP contribution in [0.4, 0.5) is 4.39 Å². The number of hydrogen-bond acceptors (Lipinski definition) is 4. The summed E-state index contributed by atoms with van der Waals surface area (Å²) in [6, 6.07) is 6.40. The molecule has 0 unspecified atom stereocenters. The highest BCUT2D eigenvalue weighted by Crippen LogP contribution is 2.19. The summed E-state index contributed by atoms with van der Waals surface area (Å²) in [4.78, 5) is 4.20. The van der Waals surface area contributed by atoms with Gasteiger partial charge in [-0.2, -0.15) is 4.98 Å². The van der Waals surface area contributed by atoms with Gasteiger partial charge >= 0.3 is 0 Å². The molecular weight excluding hydrogens is 245 g/mol. The Morgan fingerprint density at radius 2 is 2.00 bits per heavy atom. The van der Waals surface area contributed by atoms with Crippen molar-refractivity contribution in [3.8, 4) is 11.4 Å². The van der Waals surface area contributed by atoms with Crippen molar-refractivity contribution in [2.75, 3.05) is 6.54 Å². The van der Waals surface area contributed by atoms with Crippen LogP contribution in [0.1, 0.15) is 26.7 Å². The van der Waals surface area contributed by atoms with E-state index in [1.165, 1.54) is 6.07 Å². The van der Waals surface area contributed by atoms with Crippen molar-refractivity contribution in [3.63, 3.8) is 0 Å². The second-order valence-electron chi connectivity index (χ2n) is 5.42. The first-order valence-electron chi connectivity index (χ1n) is 6.28. The molecule has 0 radical (unpaired) electrons. The van der Waals surface area contributed by atoms with Gasteiger partial charge in [-0.1, -0.05) is 17.3 Å². The van der Waals surface area contributed by atoms with Gasteiger partial charge in [0, 0.05) is 18.5 Å². The molecule has 0 spiro atoms. The lowest BCUT2D eigenvalue weighted by atomic mass is 10.1. The summed E-state index contributed by atoms with van der Waals surface area (Å²) in [7, 11) is 0. The van der Waals surface area contributed by atoms with E-state index in [2.05, 4.69) is 36.2 Å². The number of rotatable bonds is 4. The van der Waals surface area contributed by atoms with Gasteiger partial charge in [-0.25, -0.2) is 4.39 Å². The van der Waals surface area contributed by atoms with Gasteiger partial charge in [-0.05, 0) is 32.9 Å². The van der Waals surface area contributed by atoms with Crippen molar-refractivity contribution >= 4 is 0 Å². The van der Waals surface area contributed by atoms with E-state index in [1.54, 1.807) is 18.2 Å². The van der Waals surface area contributed by atoms with Crippen molar-refractivity contribution in [3.05, 3.63) is 36.0 Å². The first kappa shape index (κ1) is 13.7. The summed E-state index contributed by atoms with van der Waals surface area (Å²) in [5.41, 5.74) is 0.412. The minimum atomic E-state index is -0.345. The van der Waals surface area contributed by atoms with Gasteiger partial charge in [0.2, 0.25) is 11.7 Å². The van der Waals surface area contributed by atoms with E-state index in [4.69, 9.17) is 4.52 Å². The van der Waals surface area contributed by atoms with Crippen LogP contribution in [0.25, 0.3) is 11.4 Å². The third-order valence-electron chi connectivity index (χ3n) is 2.58. The number of benzene rings is 1. The molecule has 0 bridgehead atoms. The average Bonchev–Trinajstić information content (AvgIpc) is 2.76. The molecule has 2 aromatic rings. The van der Waals surface area contributed by atoms with E-state index >= 15 is 0 Å². The lowest BCUT2D eigenvalue weighted by Gasteiger charge is -2.19. The second-order valence-corrected chi connectivity index (χ2v) is 5.42. The molecule has 2 rings (SSSR count). The highest BCUT2D eigenvalue weighted by atomic mass is 19.1. The fraction of sp³-hybridized carbons (Fsp3) is 0.429. The molecule has 0 saturated heterocycles. The summed E-state index contributed by atoms with van der Waals surface area (Å²) >= 11 is 0. The lowest BCUT2D eigenvalue weighted by Crippen LogP contribution is -2.37. The van der Waals surface area contributed by atoms with E-state index in [9.17, 15) is 4.39 Å². The van der Waals surface area contributed by atoms with Crippen LogP contribution in [0.5, 0.6) is 0 Å². The Bertz CT molecular complexity index is 546. The monoisotopic (exact) mass is 263 g/mol. The molecule has 0 saturated carbocycles. The summed E-state index contributed by atoms with van der Waals surface area (Å²) in [6.07, 6.45) is 0.624. The van der Waals surface area contributed by atoms with Crippen LogP contribution in [0.3, 0.4) is 0 Å². The summed E-state index contributed by atoms with van der Waals surface area (Å²) in [5, 5.41) is 7.14. The standard InChI is InChI=1S/C14H18FN3O/c1-14(2,3)16-9-8-12-17-13(18-19-12)10-6-4-5-7-11(10)15/h4-7,16H,8-9H2,1-3H3. The molecule has 0 atom stereocenters. The van der Waals surface area contributed by atoms with E-state index in [-0.39, 0.29) is 11.4 Å². The van der Waals surface area contributed by atoms with Gasteiger partial charge in [-0.3, -0.25) is 0 Å². The zero-order valence-corrected chi connectivity index (χ0v) is 11.4. The maximum absolute atomic E-state index is 13.6. The Labute approximate surface area is 112 Å². The van der Waals surface area contributed by atoms with Crippen LogP contribution in [0, 0.1) is 5.82 Å². The van der Waals surface area contributed by atoms with Crippen LogP contribution in [0.2, 0.25) is 0 Å². The fourth-order valence-electron chi connectivity index (χ4n) is 1.65. The number of aromatic nitrogens is 2. The highest BCUT2D eigenvalue weighted by molar-refractivity contribution is 5.54. The molecule has 0 aliphatic heterocycles. The number of nitrogens with zero attached hydrogens (tertiary/aromatic N) is 2. The summed E-state index contributed by atoms with van der Waals surface area (Å²) in [6.45, 7) is 7.01. The maximum Gasteiger partial charge on any atom is 0.228 e. The lowest BCUT2D eigenvalue weighted by molar-refractivity contribution is 0.362. The summed E-state index contributed by atoms with van der Waals surface area (Å²) in [5.74, 6) is 0.460. The third-order valence-corrected chi connectivity index (χ3v) is 2.58. The number of nitrogens with one attached hydrogen (secondary N) is 1. The van der Waals surface area contributed by atoms with Crippen molar-refractivity contribution < 1.29 is 8.91 Å². The maximum atomic E-state index is 13.6. The first-order valence-corrected chi connectivity index (χ1v) is 6.28. The highest BCUT2D eigenvalue weighted by Gasteiger charge is 2.13. The van der Waals surface area contributed by atoms with Crippen LogP contribution in [-0.2, 0) is 6.42 Å². The average molecular weight is 263 g/mol. The summed E-state index contributed by atoms with van der Waals surface area (Å²) < 4.78 is 18.7. The van der Waals surface area contributed by atoms with E-state index in [0.29, 0.717) is 23.7 Å². The molecule has 1 N–H and O–H groups in total. The topological polar surface area (TPSA) is 51.0 Å². The van der Waals surface area contributed by atoms with Crippen molar-refractivity contribution in [2.45, 2.75) is 32.7 Å². The van der Waals surface area contributed by atoms with Crippen molar-refractivity contribution in [1.29, 1.82) is 0 Å². The SMILES string of the molecule is CC(C)(C)NCCc1nc(-c2ccccc2F)no1. The van der Waals surface area contributed by atoms with Gasteiger partial charge in [0.1, 0.15) is 5.82 Å². The molecule has 1 aromatic heterocycles. The molecule has 0 aliphatic carbocycles. The van der Waals surface area contributed by atoms with Gasteiger partial charge < -0.3 is 9.84 Å². The predicted octanol–water partition coefficient (Wildman–Crippen LogP) is 2.81. The zero-order chi connectivity index (χ0) is 13.9. The molecule has 0 amide bonds. The van der Waals surface area contributed by atoms with Crippen LogP contribution in [-0.4, -0.2) is 22.2 Å². The van der Waals surface area contributed by atoms with Gasteiger partial charge in [-0.15, -0.1) is 0 Å². The Balaban J connectivity index is 2.02. The molecule has 0 aliphatic rings. The Hall–Kier alpha value is -1.75. The third kappa shape index (κ3) is 3.86. The number of hydrogen-bond donors (Lipinski definition) is 1. The Morgan fingerprint density at radius 1 is 1.26 bits per heavy atom. The minimum Gasteiger partial charge on any atom is -0.339 e. The van der Waals surface area contributed by atoms with E-state index in [0.717, 1.165) is 6.54 Å². The van der Waals surface area contributed by atoms with Crippen molar-refractivity contribution in [1.82, 2.24) is 15.5 Å². The zero-order valence-electron chi connectivity index (χ0n) is 11.4. The van der Waals surface area contributed by atoms with Gasteiger partial charge in [0.05, 0.1) is 5.56 Å². The van der Waals surface area contributed by atoms with E-state index < -0.39 is 0 Å². The van der Waals surface area contributed by atoms with Gasteiger partial charge in [0.15, 0.2) is 0 Å². The largest absolute Gasteiger partial charge is 0.339 e. The van der Waals surface area contributed by atoms with E-state index in [1.807, 2.05) is 0 Å². The normalized spacial score (nSPS) is 11.8. The Morgan fingerprint density at radius 3 is 2.68 bits per heavy atom. The van der Waals surface area contributed by atoms with Crippen LogP contribution in [0.15, 0.2) is 28.8 Å². The molecule has 102 valence electrons. The Kier molecular flexibility index (Phi) is 3.95. The van der Waals surface area contributed by atoms with Crippen LogP contribution < -0.4 is 5.32 Å². The van der Waals surface area contributed by atoms with Gasteiger partial charge in [0.25, 0.3) is 0 Å². The predicted molar refractivity (Wildman–Crippen MR) is 71.2 cm³/mol. The van der Waals surface area contributed by atoms with Crippen LogP contribution >= 0.6 is 0 Å². The molecular formula is C14H18FN3O. The molecule has 4 nitrogen and oxygen atoms in total. The molecule has 5 heteroatoms. The molecule has 19 heavy (non-hydrogen) atoms. The molecule has 1 aromatic carbocycles. The quantitative estimate of drug-likeness (QED) is 0.921. The molecule has 0 fully saturated rings. The number of halogens is 1. The second kappa shape index (κ2) is 5.48. The minimum absolute atomic E-state index is 0.0500. The smallest absolute Gasteiger partial charge is 0.228 e.